The number of ketones is 1. The lowest BCUT2D eigenvalue weighted by Crippen LogP contribution is -2.32. The summed E-state index contributed by atoms with van der Waals surface area (Å²) in [6, 6.07) is 10.7. The SMILES string of the molecule is CNC(=O)c1cc(C(C)=O)cn(Cc2ccccc2)c1=O. The summed E-state index contributed by atoms with van der Waals surface area (Å²) in [4.78, 5) is 35.7. The number of rotatable bonds is 4. The van der Waals surface area contributed by atoms with Gasteiger partial charge in [0.15, 0.2) is 5.78 Å². The van der Waals surface area contributed by atoms with E-state index in [2.05, 4.69) is 5.32 Å². The first kappa shape index (κ1) is 14.7. The molecule has 0 saturated carbocycles. The van der Waals surface area contributed by atoms with Crippen molar-refractivity contribution in [3.05, 3.63) is 69.6 Å². The molecular weight excluding hydrogens is 268 g/mol. The van der Waals surface area contributed by atoms with Crippen molar-refractivity contribution < 1.29 is 9.59 Å². The van der Waals surface area contributed by atoms with E-state index in [-0.39, 0.29) is 11.3 Å². The van der Waals surface area contributed by atoms with Crippen LogP contribution in [0.4, 0.5) is 0 Å². The molecule has 0 fully saturated rings. The van der Waals surface area contributed by atoms with E-state index in [9.17, 15) is 14.4 Å². The van der Waals surface area contributed by atoms with Crippen molar-refractivity contribution in [3.8, 4) is 0 Å². The van der Waals surface area contributed by atoms with Crippen LogP contribution >= 0.6 is 0 Å². The molecule has 0 atom stereocenters. The van der Waals surface area contributed by atoms with Crippen molar-refractivity contribution in [1.29, 1.82) is 0 Å². The normalized spacial score (nSPS) is 10.2. The highest BCUT2D eigenvalue weighted by molar-refractivity contribution is 5.99. The number of nitrogens with zero attached hydrogens (tertiary/aromatic N) is 1. The quantitative estimate of drug-likeness (QED) is 0.864. The summed E-state index contributed by atoms with van der Waals surface area (Å²) in [6.07, 6.45) is 1.49. The van der Waals surface area contributed by atoms with Crippen LogP contribution in [0.2, 0.25) is 0 Å². The fraction of sp³-hybridized carbons (Fsp3) is 0.188. The van der Waals surface area contributed by atoms with Crippen molar-refractivity contribution in [2.24, 2.45) is 0 Å². The van der Waals surface area contributed by atoms with E-state index >= 15 is 0 Å². The number of pyridine rings is 1. The molecule has 5 heteroatoms. The molecule has 0 bridgehead atoms. The molecule has 2 rings (SSSR count). The standard InChI is InChI=1S/C16H16N2O3/c1-11(19)13-8-14(15(20)17-2)16(21)18(10-13)9-12-6-4-3-5-7-12/h3-8,10H,9H2,1-2H3,(H,17,20). The molecule has 0 spiro atoms. The minimum atomic E-state index is -0.495. The van der Waals surface area contributed by atoms with E-state index in [4.69, 9.17) is 0 Å². The van der Waals surface area contributed by atoms with E-state index in [1.807, 2.05) is 30.3 Å². The van der Waals surface area contributed by atoms with Crippen molar-refractivity contribution in [1.82, 2.24) is 9.88 Å². The van der Waals surface area contributed by atoms with Crippen molar-refractivity contribution >= 4 is 11.7 Å². The Morgan fingerprint density at radius 1 is 1.19 bits per heavy atom. The van der Waals surface area contributed by atoms with Gasteiger partial charge in [0, 0.05) is 18.8 Å². The Morgan fingerprint density at radius 3 is 2.43 bits per heavy atom. The molecule has 5 nitrogen and oxygen atoms in total. The lowest BCUT2D eigenvalue weighted by molar-refractivity contribution is 0.0961. The Hall–Kier alpha value is -2.69. The largest absolute Gasteiger partial charge is 0.355 e. The van der Waals surface area contributed by atoms with E-state index in [0.717, 1.165) is 5.56 Å². The lowest BCUT2D eigenvalue weighted by Gasteiger charge is -2.10. The highest BCUT2D eigenvalue weighted by atomic mass is 16.2. The Kier molecular flexibility index (Phi) is 4.33. The fourth-order valence-electron chi connectivity index (χ4n) is 2.02. The second kappa shape index (κ2) is 6.17. The predicted octanol–water partition coefficient (Wildman–Crippen LogP) is 1.46. The molecule has 0 aliphatic carbocycles. The number of amides is 1. The first-order chi connectivity index (χ1) is 10.0. The van der Waals surface area contributed by atoms with Gasteiger partial charge < -0.3 is 9.88 Å². The molecule has 2 aromatic rings. The monoisotopic (exact) mass is 284 g/mol. The van der Waals surface area contributed by atoms with Gasteiger partial charge in [-0.2, -0.15) is 0 Å². The van der Waals surface area contributed by atoms with Crippen LogP contribution in [-0.2, 0) is 6.54 Å². The van der Waals surface area contributed by atoms with Gasteiger partial charge in [-0.05, 0) is 18.6 Å². The van der Waals surface area contributed by atoms with Crippen LogP contribution in [0.3, 0.4) is 0 Å². The third kappa shape index (κ3) is 3.25. The Labute approximate surface area is 122 Å². The number of benzene rings is 1. The van der Waals surface area contributed by atoms with Crippen LogP contribution in [0.25, 0.3) is 0 Å². The number of hydrogen-bond donors (Lipinski definition) is 1. The van der Waals surface area contributed by atoms with Gasteiger partial charge in [-0.3, -0.25) is 14.4 Å². The number of carbonyl (C=O) groups is 2. The van der Waals surface area contributed by atoms with E-state index in [0.29, 0.717) is 12.1 Å². The minimum absolute atomic E-state index is 0.0267. The summed E-state index contributed by atoms with van der Waals surface area (Å²) in [7, 11) is 1.45. The summed E-state index contributed by atoms with van der Waals surface area (Å²) in [5.41, 5.74) is 0.816. The Morgan fingerprint density at radius 2 is 1.86 bits per heavy atom. The van der Waals surface area contributed by atoms with Gasteiger partial charge in [0.05, 0.1) is 6.54 Å². The van der Waals surface area contributed by atoms with Crippen LogP contribution in [0.5, 0.6) is 0 Å². The predicted molar refractivity (Wildman–Crippen MR) is 79.6 cm³/mol. The maximum absolute atomic E-state index is 12.3. The average molecular weight is 284 g/mol. The Balaban J connectivity index is 2.54. The second-order valence-electron chi connectivity index (χ2n) is 4.70. The van der Waals surface area contributed by atoms with E-state index < -0.39 is 11.5 Å². The number of hydrogen-bond acceptors (Lipinski definition) is 3. The molecule has 0 saturated heterocycles. The highest BCUT2D eigenvalue weighted by Crippen LogP contribution is 2.06. The van der Waals surface area contributed by atoms with Gasteiger partial charge >= 0.3 is 0 Å². The summed E-state index contributed by atoms with van der Waals surface area (Å²) in [5.74, 6) is -0.688. The summed E-state index contributed by atoms with van der Waals surface area (Å²) < 4.78 is 1.39. The topological polar surface area (TPSA) is 68.2 Å². The number of nitrogens with one attached hydrogen (secondary N) is 1. The van der Waals surface area contributed by atoms with Crippen molar-refractivity contribution in [3.63, 3.8) is 0 Å². The third-order valence-electron chi connectivity index (χ3n) is 3.16. The molecule has 0 aliphatic rings. The maximum Gasteiger partial charge on any atom is 0.263 e. The van der Waals surface area contributed by atoms with Crippen LogP contribution in [0.1, 0.15) is 33.2 Å². The number of Topliss-reactive ketones (excluding diaryl/α,β-unsaturated/α-hetero) is 1. The molecule has 1 aromatic heterocycles. The number of aromatic nitrogens is 1. The molecule has 0 unspecified atom stereocenters. The highest BCUT2D eigenvalue weighted by Gasteiger charge is 2.15. The lowest BCUT2D eigenvalue weighted by atomic mass is 10.1. The molecule has 0 aliphatic heterocycles. The van der Waals surface area contributed by atoms with Crippen molar-refractivity contribution in [2.45, 2.75) is 13.5 Å². The zero-order valence-electron chi connectivity index (χ0n) is 11.9. The van der Waals surface area contributed by atoms with Crippen molar-refractivity contribution in [2.75, 3.05) is 7.05 Å². The molecule has 1 aromatic carbocycles. The molecular formula is C16H16N2O3. The van der Waals surface area contributed by atoms with Crippen LogP contribution in [0, 0.1) is 0 Å². The van der Waals surface area contributed by atoms with Crippen LogP contribution in [0.15, 0.2) is 47.4 Å². The van der Waals surface area contributed by atoms with Gasteiger partial charge in [0.2, 0.25) is 0 Å². The summed E-state index contributed by atoms with van der Waals surface area (Å²) >= 11 is 0. The van der Waals surface area contributed by atoms with Gasteiger partial charge in [-0.1, -0.05) is 30.3 Å². The third-order valence-corrected chi connectivity index (χ3v) is 3.16. The van der Waals surface area contributed by atoms with Crippen LogP contribution in [-0.4, -0.2) is 23.3 Å². The molecule has 21 heavy (non-hydrogen) atoms. The van der Waals surface area contributed by atoms with E-state index in [1.54, 1.807) is 0 Å². The molecule has 1 N–H and O–H groups in total. The zero-order valence-corrected chi connectivity index (χ0v) is 11.9. The van der Waals surface area contributed by atoms with Gasteiger partial charge in [-0.25, -0.2) is 0 Å². The summed E-state index contributed by atoms with van der Waals surface area (Å²) in [6.45, 7) is 1.71. The minimum Gasteiger partial charge on any atom is -0.355 e. The van der Waals surface area contributed by atoms with Gasteiger partial charge in [0.1, 0.15) is 5.56 Å². The molecule has 108 valence electrons. The van der Waals surface area contributed by atoms with E-state index in [1.165, 1.54) is 30.8 Å². The van der Waals surface area contributed by atoms with Crippen LogP contribution < -0.4 is 10.9 Å². The molecule has 0 radical (unpaired) electrons. The van der Waals surface area contributed by atoms with Gasteiger partial charge in [0.25, 0.3) is 11.5 Å². The fourth-order valence-corrected chi connectivity index (χ4v) is 2.02. The second-order valence-corrected chi connectivity index (χ2v) is 4.70. The maximum atomic E-state index is 12.3. The smallest absolute Gasteiger partial charge is 0.263 e. The zero-order chi connectivity index (χ0) is 15.4. The first-order valence-corrected chi connectivity index (χ1v) is 6.54. The molecule has 1 heterocycles. The molecule has 1 amide bonds. The number of carbonyl (C=O) groups excluding carboxylic acids is 2. The average Bonchev–Trinajstić information content (AvgIpc) is 2.49. The summed E-state index contributed by atoms with van der Waals surface area (Å²) in [5, 5.41) is 2.42. The first-order valence-electron chi connectivity index (χ1n) is 6.54. The Bertz CT molecular complexity index is 733. The van der Waals surface area contributed by atoms with Gasteiger partial charge in [-0.15, -0.1) is 0 Å².